The molecule has 6 rings (SSSR count). The monoisotopic (exact) mass is 638 g/mol. The fourth-order valence-corrected chi connectivity index (χ4v) is 5.60. The molecular formula is C28H42N14O4. The van der Waals surface area contributed by atoms with E-state index in [1.54, 1.807) is 41.1 Å². The second-order valence-corrected chi connectivity index (χ2v) is 11.0. The number of fused-ring (bicyclic) bond motifs is 3. The average Bonchev–Trinajstić information content (AvgIpc) is 3.76. The van der Waals surface area contributed by atoms with Gasteiger partial charge in [-0.25, -0.2) is 29.3 Å². The molecule has 0 bridgehead atoms. The first-order chi connectivity index (χ1) is 22.6. The Bertz CT molecular complexity index is 1450. The summed E-state index contributed by atoms with van der Waals surface area (Å²) < 4.78 is 25.6. The van der Waals surface area contributed by atoms with Crippen LogP contribution in [0.1, 0.15) is 11.6 Å². The fourth-order valence-electron chi connectivity index (χ4n) is 5.60. The van der Waals surface area contributed by atoms with Crippen molar-refractivity contribution in [1.82, 2.24) is 49.5 Å². The molecule has 0 atom stereocenters. The quantitative estimate of drug-likeness (QED) is 0.159. The van der Waals surface area contributed by atoms with E-state index < -0.39 is 0 Å². The topological polar surface area (TPSA) is 163 Å². The lowest BCUT2D eigenvalue weighted by Crippen LogP contribution is -2.38. The number of rotatable bonds is 16. The van der Waals surface area contributed by atoms with Crippen LogP contribution in [-0.4, -0.2) is 144 Å². The molecule has 0 amide bonds. The number of ether oxygens (including phenoxy) is 4. The van der Waals surface area contributed by atoms with Crippen LogP contribution in [0, 0.1) is 0 Å². The number of methoxy groups -OCH3 is 4. The summed E-state index contributed by atoms with van der Waals surface area (Å²) in [6.45, 7) is 8.12. The number of aromatic nitrogens is 10. The van der Waals surface area contributed by atoms with Gasteiger partial charge in [-0.1, -0.05) is 0 Å². The highest BCUT2D eigenvalue weighted by Crippen LogP contribution is 2.35. The highest BCUT2D eigenvalue weighted by atomic mass is 16.5. The molecule has 18 nitrogen and oxygen atoms in total. The smallest absolute Gasteiger partial charge is 0.228 e. The van der Waals surface area contributed by atoms with E-state index in [0.717, 1.165) is 11.6 Å². The molecule has 248 valence electrons. The van der Waals surface area contributed by atoms with Crippen LogP contribution in [0.3, 0.4) is 0 Å². The maximum Gasteiger partial charge on any atom is 0.228 e. The zero-order chi connectivity index (χ0) is 31.9. The van der Waals surface area contributed by atoms with E-state index in [4.69, 9.17) is 38.9 Å². The molecular weight excluding hydrogens is 596 g/mol. The normalized spacial score (nSPS) is 14.5. The van der Waals surface area contributed by atoms with E-state index in [2.05, 4.69) is 39.8 Å². The highest BCUT2D eigenvalue weighted by molar-refractivity contribution is 5.95. The van der Waals surface area contributed by atoms with Crippen LogP contribution in [0.15, 0.2) is 12.7 Å². The van der Waals surface area contributed by atoms with Crippen LogP contribution in [-0.2, 0) is 45.1 Å². The molecule has 18 heteroatoms. The predicted octanol–water partition coefficient (Wildman–Crippen LogP) is -0.158. The van der Waals surface area contributed by atoms with Crippen molar-refractivity contribution in [2.75, 3.05) is 114 Å². The summed E-state index contributed by atoms with van der Waals surface area (Å²) in [7, 11) is 6.75. The minimum absolute atomic E-state index is 0.505. The van der Waals surface area contributed by atoms with Gasteiger partial charge < -0.3 is 38.5 Å². The summed E-state index contributed by atoms with van der Waals surface area (Å²) in [4.78, 5) is 38.3. The molecule has 0 saturated heterocycles. The van der Waals surface area contributed by atoms with Crippen LogP contribution >= 0.6 is 0 Å². The van der Waals surface area contributed by atoms with Crippen molar-refractivity contribution >= 4 is 34.6 Å². The Morgan fingerprint density at radius 3 is 1.33 bits per heavy atom. The van der Waals surface area contributed by atoms with Gasteiger partial charge in [-0.3, -0.25) is 0 Å². The van der Waals surface area contributed by atoms with Crippen LogP contribution < -0.4 is 19.6 Å². The molecule has 0 spiro atoms. The Labute approximate surface area is 267 Å². The molecule has 6 heterocycles. The Hall–Kier alpha value is -4.26. The number of nitrogens with zero attached hydrogens (tertiary/aromatic N) is 14. The van der Waals surface area contributed by atoms with Crippen molar-refractivity contribution in [3.8, 4) is 0 Å². The van der Waals surface area contributed by atoms with E-state index in [1.165, 1.54) is 0 Å². The standard InChI is InChI=1S/C28H42N14O4/c1-43-13-9-37(10-14-44-2)27-33-23-24(25(35-27)39-5-7-41-21(17-39)29-19-31-41)34-28(38(11-15-45-3)12-16-46-4)36-26(23)40-6-8-42-22(18-40)30-20-32-42/h19-20H,5-18H2,1-4H3. The fraction of sp³-hybridized carbons (Fsp3) is 0.643. The molecule has 0 fully saturated rings. The Morgan fingerprint density at radius 2 is 0.957 bits per heavy atom. The molecule has 0 saturated carbocycles. The van der Waals surface area contributed by atoms with Gasteiger partial charge >= 0.3 is 0 Å². The van der Waals surface area contributed by atoms with Gasteiger partial charge in [-0.05, 0) is 0 Å². The maximum atomic E-state index is 5.45. The molecule has 0 radical (unpaired) electrons. The predicted molar refractivity (Wildman–Crippen MR) is 169 cm³/mol. The summed E-state index contributed by atoms with van der Waals surface area (Å²) in [5.74, 6) is 4.24. The van der Waals surface area contributed by atoms with Crippen molar-refractivity contribution in [3.05, 3.63) is 24.3 Å². The first-order valence-corrected chi connectivity index (χ1v) is 15.4. The van der Waals surface area contributed by atoms with Gasteiger partial charge in [0.2, 0.25) is 11.9 Å². The Morgan fingerprint density at radius 1 is 0.565 bits per heavy atom. The third-order valence-corrected chi connectivity index (χ3v) is 8.13. The molecule has 4 aromatic rings. The van der Waals surface area contributed by atoms with E-state index in [0.29, 0.717) is 126 Å². The van der Waals surface area contributed by atoms with Crippen LogP contribution in [0.4, 0.5) is 23.5 Å². The van der Waals surface area contributed by atoms with E-state index in [9.17, 15) is 0 Å². The van der Waals surface area contributed by atoms with Crippen molar-refractivity contribution in [2.45, 2.75) is 26.2 Å². The summed E-state index contributed by atoms with van der Waals surface area (Å²) in [5.41, 5.74) is 1.31. The minimum atomic E-state index is 0.505. The molecule has 0 unspecified atom stereocenters. The summed E-state index contributed by atoms with van der Waals surface area (Å²) in [6.07, 6.45) is 3.19. The minimum Gasteiger partial charge on any atom is -0.383 e. The van der Waals surface area contributed by atoms with Gasteiger partial charge in [-0.2, -0.15) is 20.2 Å². The third kappa shape index (κ3) is 6.79. The van der Waals surface area contributed by atoms with Crippen LogP contribution in [0.25, 0.3) is 11.0 Å². The molecule has 46 heavy (non-hydrogen) atoms. The van der Waals surface area contributed by atoms with Gasteiger partial charge in [0.05, 0.1) is 52.6 Å². The molecule has 4 aromatic heterocycles. The van der Waals surface area contributed by atoms with Crippen molar-refractivity contribution in [2.24, 2.45) is 0 Å². The first-order valence-electron chi connectivity index (χ1n) is 15.4. The molecule has 2 aliphatic heterocycles. The number of hydrogen-bond acceptors (Lipinski definition) is 16. The number of hydrogen-bond donors (Lipinski definition) is 0. The maximum absolute atomic E-state index is 5.45. The van der Waals surface area contributed by atoms with Gasteiger partial charge in [0.25, 0.3) is 0 Å². The molecule has 0 aliphatic carbocycles. The van der Waals surface area contributed by atoms with Crippen LogP contribution in [0.2, 0.25) is 0 Å². The van der Waals surface area contributed by atoms with E-state index in [-0.39, 0.29) is 0 Å². The lowest BCUT2D eigenvalue weighted by molar-refractivity contribution is 0.189. The second-order valence-electron chi connectivity index (χ2n) is 11.0. The molecule has 0 aromatic carbocycles. The lowest BCUT2D eigenvalue weighted by Gasteiger charge is -2.32. The van der Waals surface area contributed by atoms with Crippen molar-refractivity contribution in [1.29, 1.82) is 0 Å². The Kier molecular flexibility index (Phi) is 10.3. The van der Waals surface area contributed by atoms with E-state index >= 15 is 0 Å². The zero-order valence-corrected chi connectivity index (χ0v) is 26.9. The van der Waals surface area contributed by atoms with Gasteiger partial charge in [-0.15, -0.1) is 0 Å². The summed E-state index contributed by atoms with van der Waals surface area (Å²) >= 11 is 0. The van der Waals surface area contributed by atoms with Gasteiger partial charge in [0.15, 0.2) is 11.6 Å². The third-order valence-electron chi connectivity index (χ3n) is 8.13. The van der Waals surface area contributed by atoms with Crippen molar-refractivity contribution in [3.63, 3.8) is 0 Å². The highest BCUT2D eigenvalue weighted by Gasteiger charge is 2.30. The summed E-state index contributed by atoms with van der Waals surface area (Å²) in [6, 6.07) is 0. The zero-order valence-electron chi connectivity index (χ0n) is 26.9. The van der Waals surface area contributed by atoms with Crippen LogP contribution in [0.5, 0.6) is 0 Å². The summed E-state index contributed by atoms with van der Waals surface area (Å²) in [5, 5.41) is 8.76. The molecule has 2 aliphatic rings. The molecule has 0 N–H and O–H groups in total. The average molecular weight is 639 g/mol. The Balaban J connectivity index is 1.54. The lowest BCUT2D eigenvalue weighted by atomic mass is 10.2. The number of anilines is 4. The second kappa shape index (κ2) is 14.9. The largest absolute Gasteiger partial charge is 0.383 e. The van der Waals surface area contributed by atoms with Gasteiger partial charge in [0.1, 0.15) is 35.3 Å². The SMILES string of the molecule is COCCN(CCOC)c1nc(N2CCn3ncnc3C2)c2nc(N(CCOC)CCOC)nc(N3CCn4ncnc4C3)c2n1. The van der Waals surface area contributed by atoms with Gasteiger partial charge in [0, 0.05) is 67.7 Å². The van der Waals surface area contributed by atoms with Crippen molar-refractivity contribution < 1.29 is 18.9 Å². The van der Waals surface area contributed by atoms with E-state index in [1.807, 2.05) is 9.36 Å². The first kappa shape index (κ1) is 31.7.